The van der Waals surface area contributed by atoms with Gasteiger partial charge >= 0.3 is 0 Å². The predicted octanol–water partition coefficient (Wildman–Crippen LogP) is 3.97. The van der Waals surface area contributed by atoms with Crippen molar-refractivity contribution < 1.29 is 9.53 Å². The van der Waals surface area contributed by atoms with Crippen LogP contribution in [0.4, 0.5) is 0 Å². The van der Waals surface area contributed by atoms with E-state index in [1.807, 2.05) is 12.1 Å². The van der Waals surface area contributed by atoms with Gasteiger partial charge in [-0.25, -0.2) is 0 Å². The molecule has 0 fully saturated rings. The lowest BCUT2D eigenvalue weighted by molar-refractivity contribution is -0.109. The van der Waals surface area contributed by atoms with Gasteiger partial charge in [-0.05, 0) is 28.7 Å². The minimum atomic E-state index is -0.329. The summed E-state index contributed by atoms with van der Waals surface area (Å²) in [6.07, 6.45) is 2.47. The Morgan fingerprint density at radius 3 is 2.10 bits per heavy atom. The number of carbonyl (C=O) groups excluding carboxylic acids is 1. The Kier molecular flexibility index (Phi) is 3.89. The minimum Gasteiger partial charge on any atom is -0.380 e. The first-order chi connectivity index (χ1) is 10.3. The number of hydrogen-bond donors (Lipinski definition) is 0. The quantitative estimate of drug-likeness (QED) is 0.591. The van der Waals surface area contributed by atoms with Gasteiger partial charge in [-0.15, -0.1) is 0 Å². The highest BCUT2D eigenvalue weighted by molar-refractivity contribution is 5.82. The molecule has 0 bridgehead atoms. The van der Waals surface area contributed by atoms with Crippen molar-refractivity contribution in [2.75, 3.05) is 13.2 Å². The molecule has 0 aromatic heterocycles. The van der Waals surface area contributed by atoms with Crippen LogP contribution in [0, 0.1) is 0 Å². The van der Waals surface area contributed by atoms with Crippen molar-refractivity contribution in [3.63, 3.8) is 0 Å². The third kappa shape index (κ3) is 2.20. The third-order valence-corrected chi connectivity index (χ3v) is 4.30. The Bertz CT molecular complexity index is 600. The van der Waals surface area contributed by atoms with E-state index in [0.717, 1.165) is 19.3 Å². The van der Waals surface area contributed by atoms with E-state index in [1.165, 1.54) is 22.3 Å². The average molecular weight is 280 g/mol. The summed E-state index contributed by atoms with van der Waals surface area (Å²) in [5.41, 5.74) is 4.57. The molecule has 0 amide bonds. The summed E-state index contributed by atoms with van der Waals surface area (Å²) in [7, 11) is 0. The monoisotopic (exact) mass is 280 g/mol. The molecule has 0 aliphatic heterocycles. The molecule has 108 valence electrons. The highest BCUT2D eigenvalue weighted by atomic mass is 16.5. The van der Waals surface area contributed by atoms with Crippen LogP contribution in [0.1, 0.15) is 30.9 Å². The number of ether oxygens (including phenoxy) is 1. The average Bonchev–Trinajstić information content (AvgIpc) is 2.80. The lowest BCUT2D eigenvalue weighted by Crippen LogP contribution is -2.32. The van der Waals surface area contributed by atoms with Crippen molar-refractivity contribution in [1.29, 1.82) is 0 Å². The molecule has 0 spiro atoms. The lowest BCUT2D eigenvalue weighted by atomic mass is 9.76. The van der Waals surface area contributed by atoms with Crippen LogP contribution in [0.2, 0.25) is 0 Å². The number of rotatable bonds is 6. The van der Waals surface area contributed by atoms with Crippen molar-refractivity contribution in [3.05, 3.63) is 59.7 Å². The largest absolute Gasteiger partial charge is 0.380 e. The maximum Gasteiger partial charge on any atom is 0.121 e. The second-order valence-electron chi connectivity index (χ2n) is 5.60. The van der Waals surface area contributed by atoms with E-state index in [1.54, 1.807) is 0 Å². The normalized spacial score (nSPS) is 14.5. The fraction of sp³-hybridized carbons (Fsp3) is 0.316. The molecule has 3 rings (SSSR count). The number of carbonyl (C=O) groups is 1. The maximum atomic E-state index is 11.4. The summed E-state index contributed by atoms with van der Waals surface area (Å²) in [6.45, 7) is 3.39. The maximum absolute atomic E-state index is 11.4. The van der Waals surface area contributed by atoms with Gasteiger partial charge in [0.05, 0.1) is 12.0 Å². The van der Waals surface area contributed by atoms with Crippen LogP contribution in [0.3, 0.4) is 0 Å². The third-order valence-electron chi connectivity index (χ3n) is 4.30. The van der Waals surface area contributed by atoms with Crippen LogP contribution in [0.25, 0.3) is 11.1 Å². The highest BCUT2D eigenvalue weighted by Crippen LogP contribution is 2.50. The van der Waals surface area contributed by atoms with Crippen LogP contribution in [0.5, 0.6) is 0 Å². The fourth-order valence-electron chi connectivity index (χ4n) is 3.38. The van der Waals surface area contributed by atoms with Gasteiger partial charge in [-0.3, -0.25) is 0 Å². The molecule has 0 saturated heterocycles. The van der Waals surface area contributed by atoms with Gasteiger partial charge in [0, 0.05) is 13.0 Å². The second kappa shape index (κ2) is 5.82. The molecule has 2 aromatic carbocycles. The summed E-state index contributed by atoms with van der Waals surface area (Å²) in [4.78, 5) is 11.4. The molecular weight excluding hydrogens is 260 g/mol. The van der Waals surface area contributed by atoms with Crippen LogP contribution < -0.4 is 0 Å². The standard InChI is InChI=1S/C19H20O2/c1-2-13-21-14-19(11-12-20)17-9-5-3-7-15(17)16-8-4-6-10-18(16)19/h3-10,12H,2,11,13-14H2,1H3. The summed E-state index contributed by atoms with van der Waals surface area (Å²) in [5, 5.41) is 0. The van der Waals surface area contributed by atoms with E-state index >= 15 is 0 Å². The molecule has 0 heterocycles. The smallest absolute Gasteiger partial charge is 0.121 e. The molecule has 2 heteroatoms. The second-order valence-corrected chi connectivity index (χ2v) is 5.60. The first-order valence-electron chi connectivity index (χ1n) is 7.54. The van der Waals surface area contributed by atoms with E-state index in [4.69, 9.17) is 4.74 Å². The van der Waals surface area contributed by atoms with Crippen molar-refractivity contribution in [2.45, 2.75) is 25.2 Å². The topological polar surface area (TPSA) is 26.3 Å². The zero-order valence-corrected chi connectivity index (χ0v) is 12.3. The summed E-state index contributed by atoms with van der Waals surface area (Å²) in [5.74, 6) is 0. The molecule has 0 unspecified atom stereocenters. The summed E-state index contributed by atoms with van der Waals surface area (Å²) < 4.78 is 5.88. The van der Waals surface area contributed by atoms with Crippen molar-refractivity contribution in [3.8, 4) is 11.1 Å². The van der Waals surface area contributed by atoms with Crippen molar-refractivity contribution in [2.24, 2.45) is 0 Å². The predicted molar refractivity (Wildman–Crippen MR) is 84.4 cm³/mol. The number of fused-ring (bicyclic) bond motifs is 3. The molecule has 0 N–H and O–H groups in total. The van der Waals surface area contributed by atoms with Crippen molar-refractivity contribution >= 4 is 6.29 Å². The molecule has 2 nitrogen and oxygen atoms in total. The van der Waals surface area contributed by atoms with E-state index in [-0.39, 0.29) is 5.41 Å². The number of hydrogen-bond acceptors (Lipinski definition) is 2. The summed E-state index contributed by atoms with van der Waals surface area (Å²) in [6, 6.07) is 16.7. The molecule has 0 atom stereocenters. The van der Waals surface area contributed by atoms with Crippen LogP contribution in [0.15, 0.2) is 48.5 Å². The molecule has 1 aliphatic rings. The zero-order chi connectivity index (χ0) is 14.7. The van der Waals surface area contributed by atoms with E-state index in [0.29, 0.717) is 13.0 Å². The van der Waals surface area contributed by atoms with Gasteiger partial charge in [-0.2, -0.15) is 0 Å². The van der Waals surface area contributed by atoms with Gasteiger partial charge in [0.15, 0.2) is 0 Å². The first-order valence-corrected chi connectivity index (χ1v) is 7.54. The molecular formula is C19H20O2. The molecule has 2 aromatic rings. The Morgan fingerprint density at radius 2 is 1.57 bits per heavy atom. The van der Waals surface area contributed by atoms with E-state index < -0.39 is 0 Å². The first kappa shape index (κ1) is 14.0. The highest BCUT2D eigenvalue weighted by Gasteiger charge is 2.42. The van der Waals surface area contributed by atoms with Gasteiger partial charge < -0.3 is 9.53 Å². The summed E-state index contributed by atoms with van der Waals surface area (Å²) >= 11 is 0. The Balaban J connectivity index is 2.15. The van der Waals surface area contributed by atoms with Crippen molar-refractivity contribution in [1.82, 2.24) is 0 Å². The molecule has 21 heavy (non-hydrogen) atoms. The SMILES string of the molecule is CCCOCC1(CC=O)c2ccccc2-c2ccccc21. The Labute approximate surface area is 125 Å². The minimum absolute atomic E-state index is 0.329. The van der Waals surface area contributed by atoms with Gasteiger partial charge in [-0.1, -0.05) is 55.5 Å². The Hall–Kier alpha value is -1.93. The van der Waals surface area contributed by atoms with Crippen LogP contribution in [-0.4, -0.2) is 19.5 Å². The zero-order valence-electron chi connectivity index (χ0n) is 12.3. The Morgan fingerprint density at radius 1 is 1.00 bits per heavy atom. The number of benzene rings is 2. The van der Waals surface area contributed by atoms with Gasteiger partial charge in [0.1, 0.15) is 6.29 Å². The molecule has 0 radical (unpaired) electrons. The van der Waals surface area contributed by atoms with E-state index in [9.17, 15) is 4.79 Å². The lowest BCUT2D eigenvalue weighted by Gasteiger charge is -2.30. The van der Waals surface area contributed by atoms with E-state index in [2.05, 4.69) is 43.3 Å². The fourth-order valence-corrected chi connectivity index (χ4v) is 3.38. The van der Waals surface area contributed by atoms with Gasteiger partial charge in [0.25, 0.3) is 0 Å². The number of aldehydes is 1. The molecule has 0 saturated carbocycles. The molecule has 1 aliphatic carbocycles. The van der Waals surface area contributed by atoms with Gasteiger partial charge in [0.2, 0.25) is 0 Å². The van der Waals surface area contributed by atoms with Crippen LogP contribution in [-0.2, 0) is 14.9 Å². The van der Waals surface area contributed by atoms with Crippen LogP contribution >= 0.6 is 0 Å².